The Morgan fingerprint density at radius 2 is 2.40 bits per heavy atom. The Morgan fingerprint density at radius 1 is 1.80 bits per heavy atom. The SMILES string of the molecule is BCCNC. The topological polar surface area (TPSA) is 12.0 Å². The van der Waals surface area contributed by atoms with E-state index in [0.717, 1.165) is 6.54 Å². The number of nitrogens with one attached hydrogen (secondary N) is 1. The molecule has 1 N–H and O–H groups in total. The second-order valence-corrected chi connectivity index (χ2v) is 1.10. The zero-order valence-electron chi connectivity index (χ0n) is 3.91. The molecule has 0 spiro atoms. The van der Waals surface area contributed by atoms with Crippen LogP contribution in [0.25, 0.3) is 0 Å². The molecule has 0 aromatic rings. The highest BCUT2D eigenvalue weighted by Gasteiger charge is 1.65. The second-order valence-electron chi connectivity index (χ2n) is 1.10. The molecule has 0 saturated carbocycles. The van der Waals surface area contributed by atoms with Crippen LogP contribution >= 0.6 is 0 Å². The fourth-order valence-corrected chi connectivity index (χ4v) is 0.250. The largest absolute Gasteiger partial charge is 0.320 e. The Balaban J connectivity index is 2.19. The Kier molecular flexibility index (Phi) is 4.05. The first kappa shape index (κ1) is 5.02. The van der Waals surface area contributed by atoms with Gasteiger partial charge in [0.25, 0.3) is 0 Å². The third-order valence-corrected chi connectivity index (χ3v) is 0.500. The molecule has 0 aromatic carbocycles. The van der Waals surface area contributed by atoms with E-state index in [-0.39, 0.29) is 0 Å². The van der Waals surface area contributed by atoms with Gasteiger partial charge in [0, 0.05) is 0 Å². The van der Waals surface area contributed by atoms with Gasteiger partial charge in [-0.1, -0.05) is 6.32 Å². The van der Waals surface area contributed by atoms with E-state index in [2.05, 4.69) is 13.2 Å². The molecule has 0 atom stereocenters. The van der Waals surface area contributed by atoms with Crippen molar-refractivity contribution in [2.24, 2.45) is 0 Å². The minimum Gasteiger partial charge on any atom is -0.320 e. The lowest BCUT2D eigenvalue weighted by molar-refractivity contribution is 0.862. The normalized spacial score (nSPS) is 8.20. The predicted molar refractivity (Wildman–Crippen MR) is 27.3 cm³/mol. The highest BCUT2D eigenvalue weighted by Crippen LogP contribution is 1.57. The van der Waals surface area contributed by atoms with Crippen LogP contribution in [0.15, 0.2) is 0 Å². The molecule has 0 aliphatic rings. The highest BCUT2D eigenvalue weighted by atomic mass is 14.8. The van der Waals surface area contributed by atoms with Crippen molar-refractivity contribution in [3.63, 3.8) is 0 Å². The van der Waals surface area contributed by atoms with E-state index in [1.165, 1.54) is 6.32 Å². The Bertz CT molecular complexity index is 14.4. The van der Waals surface area contributed by atoms with Crippen LogP contribution in [0.3, 0.4) is 0 Å². The molecule has 0 aromatic heterocycles. The molecule has 0 heterocycles. The molecule has 0 aliphatic carbocycles. The molecule has 0 rings (SSSR count). The van der Waals surface area contributed by atoms with Crippen LogP contribution in [-0.2, 0) is 0 Å². The van der Waals surface area contributed by atoms with Gasteiger partial charge in [0.05, 0.1) is 0 Å². The van der Waals surface area contributed by atoms with Gasteiger partial charge in [-0.2, -0.15) is 0 Å². The molecule has 2 heteroatoms. The van der Waals surface area contributed by atoms with E-state index in [9.17, 15) is 0 Å². The number of rotatable bonds is 2. The van der Waals surface area contributed by atoms with E-state index in [1.54, 1.807) is 0 Å². The molecule has 0 aliphatic heterocycles. The van der Waals surface area contributed by atoms with E-state index in [4.69, 9.17) is 0 Å². The highest BCUT2D eigenvalue weighted by molar-refractivity contribution is 6.08. The molecule has 1 nitrogen and oxygen atoms in total. The average Bonchev–Trinajstić information content (AvgIpc) is 1.41. The summed E-state index contributed by atoms with van der Waals surface area (Å²) in [5.41, 5.74) is 0. The molecule has 0 amide bonds. The van der Waals surface area contributed by atoms with Crippen molar-refractivity contribution < 1.29 is 0 Å². The smallest absolute Gasteiger partial charge is 0.102 e. The lowest BCUT2D eigenvalue weighted by Gasteiger charge is -1.84. The van der Waals surface area contributed by atoms with E-state index in [0.29, 0.717) is 0 Å². The van der Waals surface area contributed by atoms with Gasteiger partial charge in [-0.3, -0.25) is 0 Å². The number of hydrogen-bond donors (Lipinski definition) is 1. The summed E-state index contributed by atoms with van der Waals surface area (Å²) in [6, 6.07) is 0. The van der Waals surface area contributed by atoms with Gasteiger partial charge >= 0.3 is 0 Å². The molecule has 0 unspecified atom stereocenters. The summed E-state index contributed by atoms with van der Waals surface area (Å²) in [5, 5.41) is 3.02. The Morgan fingerprint density at radius 3 is 2.40 bits per heavy atom. The first-order valence-corrected chi connectivity index (χ1v) is 2.06. The zero-order chi connectivity index (χ0) is 4.12. The molecular formula is C3H10BN. The fourth-order valence-electron chi connectivity index (χ4n) is 0.250. The molecule has 0 radical (unpaired) electrons. The van der Waals surface area contributed by atoms with Gasteiger partial charge in [0.2, 0.25) is 0 Å². The van der Waals surface area contributed by atoms with Crippen LogP contribution in [-0.4, -0.2) is 21.4 Å². The summed E-state index contributed by atoms with van der Waals surface area (Å²) < 4.78 is 0. The van der Waals surface area contributed by atoms with Crippen LogP contribution in [0, 0.1) is 0 Å². The summed E-state index contributed by atoms with van der Waals surface area (Å²) >= 11 is 0. The zero-order valence-corrected chi connectivity index (χ0v) is 3.91. The van der Waals surface area contributed by atoms with Crippen molar-refractivity contribution in [3.8, 4) is 0 Å². The predicted octanol–water partition coefficient (Wildman–Crippen LogP) is -0.743. The lowest BCUT2D eigenvalue weighted by atomic mass is 10.1. The van der Waals surface area contributed by atoms with E-state index < -0.39 is 0 Å². The van der Waals surface area contributed by atoms with Gasteiger partial charge in [0.15, 0.2) is 0 Å². The van der Waals surface area contributed by atoms with Gasteiger partial charge in [-0.25, -0.2) is 0 Å². The summed E-state index contributed by atoms with van der Waals surface area (Å²) in [7, 11) is 4.11. The quantitative estimate of drug-likeness (QED) is 0.422. The van der Waals surface area contributed by atoms with E-state index in [1.807, 2.05) is 7.05 Å². The maximum Gasteiger partial charge on any atom is 0.102 e. The summed E-state index contributed by atoms with van der Waals surface area (Å²) in [5.74, 6) is 0. The van der Waals surface area contributed by atoms with Crippen LogP contribution in [0.2, 0.25) is 6.32 Å². The third-order valence-electron chi connectivity index (χ3n) is 0.500. The molecule has 5 heavy (non-hydrogen) atoms. The van der Waals surface area contributed by atoms with Crippen molar-refractivity contribution in [3.05, 3.63) is 0 Å². The van der Waals surface area contributed by atoms with Crippen LogP contribution in [0.5, 0.6) is 0 Å². The third kappa shape index (κ3) is 4.02. The molecular weight excluding hydrogens is 60.9 g/mol. The van der Waals surface area contributed by atoms with Crippen LogP contribution < -0.4 is 5.32 Å². The standard InChI is InChI=1S/C3H10BN/c1-5-3-2-4/h5H,2-4H2,1H3. The Labute approximate surface area is 34.2 Å². The van der Waals surface area contributed by atoms with Gasteiger partial charge < -0.3 is 5.32 Å². The minimum atomic E-state index is 1.14. The van der Waals surface area contributed by atoms with Crippen molar-refractivity contribution in [1.29, 1.82) is 0 Å². The fraction of sp³-hybridized carbons (Fsp3) is 1.00. The van der Waals surface area contributed by atoms with Crippen molar-refractivity contribution in [1.82, 2.24) is 5.32 Å². The molecule has 0 fully saturated rings. The molecule has 0 saturated heterocycles. The maximum absolute atomic E-state index is 3.02. The first-order chi connectivity index (χ1) is 2.41. The summed E-state index contributed by atoms with van der Waals surface area (Å²) in [6.45, 7) is 1.14. The molecule has 30 valence electrons. The van der Waals surface area contributed by atoms with E-state index >= 15 is 0 Å². The van der Waals surface area contributed by atoms with Crippen molar-refractivity contribution in [2.45, 2.75) is 6.32 Å². The van der Waals surface area contributed by atoms with Gasteiger partial charge in [-0.05, 0) is 13.6 Å². The lowest BCUT2D eigenvalue weighted by Crippen LogP contribution is -2.05. The van der Waals surface area contributed by atoms with Crippen LogP contribution in [0.4, 0.5) is 0 Å². The number of hydrogen-bond acceptors (Lipinski definition) is 1. The second kappa shape index (κ2) is 4.02. The van der Waals surface area contributed by atoms with Crippen molar-refractivity contribution in [2.75, 3.05) is 13.6 Å². The maximum atomic E-state index is 3.02. The summed E-state index contributed by atoms with van der Waals surface area (Å²) in [6.07, 6.45) is 1.23. The average molecular weight is 70.9 g/mol. The molecule has 0 bridgehead atoms. The monoisotopic (exact) mass is 71.1 g/mol. The first-order valence-electron chi connectivity index (χ1n) is 2.06. The van der Waals surface area contributed by atoms with Crippen molar-refractivity contribution >= 4 is 7.85 Å². The summed E-state index contributed by atoms with van der Waals surface area (Å²) in [4.78, 5) is 0. The van der Waals surface area contributed by atoms with Crippen LogP contribution in [0.1, 0.15) is 0 Å². The Hall–Kier alpha value is 0.0249. The van der Waals surface area contributed by atoms with Gasteiger partial charge in [0.1, 0.15) is 7.85 Å². The van der Waals surface area contributed by atoms with Gasteiger partial charge in [-0.15, -0.1) is 0 Å². The minimum absolute atomic E-state index is 1.14.